The lowest BCUT2D eigenvalue weighted by Gasteiger charge is -2.28. The van der Waals surface area contributed by atoms with Crippen LogP contribution in [0.5, 0.6) is 11.8 Å². The molecule has 2 unspecified atom stereocenters. The number of Topliss-reactive ketones (excluding diaryl/α,β-unsaturated/α-hetero) is 1. The van der Waals surface area contributed by atoms with Gasteiger partial charge < -0.3 is 38.6 Å². The molecule has 2 atom stereocenters. The topological polar surface area (TPSA) is 196 Å². The van der Waals surface area contributed by atoms with Gasteiger partial charge in [-0.25, -0.2) is 9.97 Å². The van der Waals surface area contributed by atoms with Gasteiger partial charge in [-0.1, -0.05) is 31.7 Å². The number of carbonyl (C=O) groups is 2. The van der Waals surface area contributed by atoms with Crippen LogP contribution in [0.1, 0.15) is 33.1 Å². The number of pyridine rings is 4. The number of nitrogens with zero attached hydrogens (tertiary/aromatic N) is 6. The second kappa shape index (κ2) is 22.8. The number of aromatic nitrogens is 4. The van der Waals surface area contributed by atoms with Crippen LogP contribution in [0.25, 0.3) is 44.3 Å². The molecule has 4 aliphatic rings. The van der Waals surface area contributed by atoms with Gasteiger partial charge in [0.25, 0.3) is 0 Å². The predicted octanol–water partition coefficient (Wildman–Crippen LogP) is 6.99. The van der Waals surface area contributed by atoms with Gasteiger partial charge in [0.1, 0.15) is 5.78 Å². The lowest BCUT2D eigenvalue weighted by Crippen LogP contribution is -2.36. The second-order valence-corrected chi connectivity index (χ2v) is 18.1. The van der Waals surface area contributed by atoms with Crippen LogP contribution in [0.15, 0.2) is 97.3 Å². The van der Waals surface area contributed by atoms with Gasteiger partial charge in [0.2, 0.25) is 17.7 Å². The highest BCUT2D eigenvalue weighted by Crippen LogP contribution is 2.34. The minimum Gasteiger partial charge on any atom is -0.477 e. The van der Waals surface area contributed by atoms with E-state index in [9.17, 15) is 31.2 Å². The van der Waals surface area contributed by atoms with Crippen LogP contribution in [0.2, 0.25) is 0 Å². The molecule has 4 fully saturated rings. The van der Waals surface area contributed by atoms with Gasteiger partial charge in [-0.05, 0) is 73.0 Å². The van der Waals surface area contributed by atoms with Gasteiger partial charge >= 0.3 is 15.6 Å². The third-order valence-corrected chi connectivity index (χ3v) is 12.7. The van der Waals surface area contributed by atoms with E-state index in [4.69, 9.17) is 24.3 Å². The Labute approximate surface area is 397 Å². The third kappa shape index (κ3) is 12.8. The molecule has 1 saturated carbocycles. The van der Waals surface area contributed by atoms with Crippen LogP contribution in [0, 0.1) is 11.8 Å². The Hall–Kier alpha value is -6.48. The Kier molecular flexibility index (Phi) is 16.6. The SMILES string of the molecule is C.O=C1CC(COc2nc(-c3ccc(N4CCOCC4)cc3)cc3ncccc23)CN1.O=C1CCC(CO)C1.O=S(=O)(Oc1nc(-c2ccc(N3CCOCC3)cc2)cc2ncccc12)C(F)(F)F. The monoisotopic (exact) mass is 973 g/mol. The van der Waals surface area contributed by atoms with E-state index in [0.29, 0.717) is 62.9 Å². The summed E-state index contributed by atoms with van der Waals surface area (Å²) in [6.07, 6.45) is 5.91. The molecular formula is C49H54F3N7O9S. The van der Waals surface area contributed by atoms with Gasteiger partial charge in [-0.15, -0.1) is 0 Å². The van der Waals surface area contributed by atoms with Crippen LogP contribution >= 0.6 is 0 Å². The quantitative estimate of drug-likeness (QED) is 0.105. The molecule has 3 aliphatic heterocycles. The minimum atomic E-state index is -5.87. The molecule has 7 heterocycles. The van der Waals surface area contributed by atoms with E-state index >= 15 is 0 Å². The molecule has 6 aromatic rings. The lowest BCUT2D eigenvalue weighted by molar-refractivity contribution is -0.119. The fourth-order valence-corrected chi connectivity index (χ4v) is 8.49. The highest BCUT2D eigenvalue weighted by molar-refractivity contribution is 7.88. The smallest absolute Gasteiger partial charge is 0.477 e. The number of aliphatic hydroxyl groups is 1. The summed E-state index contributed by atoms with van der Waals surface area (Å²) in [5.74, 6) is 0.726. The fourth-order valence-electron chi connectivity index (χ4n) is 8.07. The van der Waals surface area contributed by atoms with Crippen LogP contribution in [0.4, 0.5) is 24.5 Å². The maximum absolute atomic E-state index is 12.8. The Morgan fingerprint density at radius 2 is 1.23 bits per heavy atom. The average molecular weight is 974 g/mol. The van der Waals surface area contributed by atoms with Crippen LogP contribution in [-0.4, -0.2) is 123 Å². The number of aliphatic hydroxyl groups excluding tert-OH is 1. The van der Waals surface area contributed by atoms with E-state index < -0.39 is 21.5 Å². The Balaban J connectivity index is 0.000000173. The van der Waals surface area contributed by atoms with Crippen LogP contribution in [-0.2, 0) is 29.2 Å². The molecule has 69 heavy (non-hydrogen) atoms. The Morgan fingerprint density at radius 1 is 0.725 bits per heavy atom. The van der Waals surface area contributed by atoms with Gasteiger partial charge in [0, 0.05) is 99.4 Å². The first-order valence-corrected chi connectivity index (χ1v) is 23.6. The first kappa shape index (κ1) is 50.4. The molecule has 0 spiro atoms. The van der Waals surface area contributed by atoms with Crippen LogP contribution < -0.4 is 24.0 Å². The zero-order chi connectivity index (χ0) is 47.7. The molecule has 16 nitrogen and oxygen atoms in total. The van der Waals surface area contributed by atoms with E-state index in [-0.39, 0.29) is 48.4 Å². The predicted molar refractivity (Wildman–Crippen MR) is 254 cm³/mol. The van der Waals surface area contributed by atoms with E-state index in [1.807, 2.05) is 30.3 Å². The fraction of sp³-hybridized carbons (Fsp3) is 0.388. The standard InChI is InChI=1S/C23H24N4O3.C19H16F3N3O4S.C6H10O2.CH4/c28-22-12-16(14-25-22)15-30-23-19-2-1-7-24-21(19)13-20(26-23)17-3-5-18(6-4-17)27-8-10-29-11-9-27;20-19(21,22)30(26,27)29-18-15-2-1-7-23-17(15)12-16(24-18)13-3-5-14(6-4-13)25-8-10-28-11-9-25;7-4-5-1-2-6(8)3-5;/h1-7,13,16H,8-12,14-15H2,(H,25,28);1-7,12H,8-11H2;5,7H,1-4H2;1H4. The minimum absolute atomic E-state index is 0. The van der Waals surface area contributed by atoms with Crippen molar-refractivity contribution in [2.45, 2.75) is 38.6 Å². The number of alkyl halides is 3. The molecule has 3 saturated heterocycles. The number of benzene rings is 2. The van der Waals surface area contributed by atoms with Gasteiger partial charge in [-0.3, -0.25) is 19.6 Å². The summed E-state index contributed by atoms with van der Waals surface area (Å²) < 4.78 is 82.6. The maximum Gasteiger partial charge on any atom is 0.534 e. The summed E-state index contributed by atoms with van der Waals surface area (Å²) in [7, 11) is -5.87. The summed E-state index contributed by atoms with van der Waals surface area (Å²) in [6.45, 7) is 7.42. The van der Waals surface area contributed by atoms with Gasteiger partial charge in [0.05, 0.1) is 66.2 Å². The van der Waals surface area contributed by atoms with Crippen molar-refractivity contribution >= 4 is 55.0 Å². The molecule has 0 radical (unpaired) electrons. The van der Waals surface area contributed by atoms with E-state index in [2.05, 4.69) is 58.5 Å². The summed E-state index contributed by atoms with van der Waals surface area (Å²) in [6, 6.07) is 25.9. The number of rotatable bonds is 10. The van der Waals surface area contributed by atoms with Crippen molar-refractivity contribution < 1.29 is 54.7 Å². The molecule has 2 aromatic carbocycles. The first-order chi connectivity index (χ1) is 32.8. The largest absolute Gasteiger partial charge is 0.534 e. The molecule has 1 amide bonds. The van der Waals surface area contributed by atoms with Crippen molar-refractivity contribution in [2.24, 2.45) is 11.8 Å². The summed E-state index contributed by atoms with van der Waals surface area (Å²) in [5, 5.41) is 12.3. The number of anilines is 2. The molecule has 0 bridgehead atoms. The summed E-state index contributed by atoms with van der Waals surface area (Å²) >= 11 is 0. The normalized spacial score (nSPS) is 18.4. The number of ether oxygens (including phenoxy) is 3. The Bertz CT molecular complexity index is 2810. The number of ketones is 1. The molecule has 366 valence electrons. The van der Waals surface area contributed by atoms with Crippen molar-refractivity contribution in [3.63, 3.8) is 0 Å². The first-order valence-electron chi connectivity index (χ1n) is 22.2. The van der Waals surface area contributed by atoms with Crippen molar-refractivity contribution in [3.05, 3.63) is 97.3 Å². The third-order valence-electron chi connectivity index (χ3n) is 11.8. The summed E-state index contributed by atoms with van der Waals surface area (Å²) in [4.78, 5) is 43.9. The number of hydrogen-bond donors (Lipinski definition) is 2. The molecule has 1 aliphatic carbocycles. The van der Waals surface area contributed by atoms with E-state index in [0.717, 1.165) is 73.7 Å². The zero-order valence-corrected chi connectivity index (χ0v) is 37.8. The van der Waals surface area contributed by atoms with Crippen molar-refractivity contribution in [1.82, 2.24) is 25.3 Å². The number of nitrogens with one attached hydrogen (secondary N) is 1. The molecule has 4 aromatic heterocycles. The molecular weight excluding hydrogens is 920 g/mol. The molecule has 2 N–H and O–H groups in total. The van der Waals surface area contributed by atoms with Crippen molar-refractivity contribution in [2.75, 3.05) is 82.2 Å². The highest BCUT2D eigenvalue weighted by atomic mass is 32.2. The van der Waals surface area contributed by atoms with Gasteiger partial charge in [-0.2, -0.15) is 21.6 Å². The number of halogens is 3. The number of hydrogen-bond acceptors (Lipinski definition) is 15. The number of fused-ring (bicyclic) bond motifs is 2. The number of amides is 1. The van der Waals surface area contributed by atoms with Crippen molar-refractivity contribution in [3.8, 4) is 34.3 Å². The van der Waals surface area contributed by atoms with Crippen molar-refractivity contribution in [1.29, 1.82) is 0 Å². The molecule has 10 rings (SSSR count). The van der Waals surface area contributed by atoms with E-state index in [1.54, 1.807) is 24.4 Å². The lowest BCUT2D eigenvalue weighted by atomic mass is 10.1. The second-order valence-electron chi connectivity index (χ2n) is 16.6. The number of morpholine rings is 2. The Morgan fingerprint density at radius 3 is 1.67 bits per heavy atom. The maximum atomic E-state index is 12.8. The van der Waals surface area contributed by atoms with Gasteiger partial charge in [0.15, 0.2) is 0 Å². The molecule has 20 heteroatoms. The van der Waals surface area contributed by atoms with E-state index in [1.165, 1.54) is 24.0 Å². The number of carbonyl (C=O) groups excluding carboxylic acids is 2. The summed E-state index contributed by atoms with van der Waals surface area (Å²) in [5.41, 5.74) is 0.345. The highest BCUT2D eigenvalue weighted by Gasteiger charge is 2.49. The zero-order valence-electron chi connectivity index (χ0n) is 36.9. The van der Waals surface area contributed by atoms with Crippen LogP contribution in [0.3, 0.4) is 0 Å². The average Bonchev–Trinajstić information content (AvgIpc) is 4.00.